The van der Waals surface area contributed by atoms with Crippen molar-refractivity contribution in [3.8, 4) is 17.0 Å². The maximum atomic E-state index is 14.8. The fourth-order valence-electron chi connectivity index (χ4n) is 8.85. The number of rotatable bonds is 7. The minimum atomic E-state index is -3.82. The molecule has 2 aliphatic heterocycles. The molecular weight excluding hydrogens is 655 g/mol. The summed E-state index contributed by atoms with van der Waals surface area (Å²) < 4.78 is 41.4. The number of benzene rings is 2. The molecule has 4 aromatic rings. The molecule has 8 rings (SSSR count). The van der Waals surface area contributed by atoms with Gasteiger partial charge in [0.1, 0.15) is 5.75 Å². The molecule has 2 amide bonds. The highest BCUT2D eigenvalue weighted by atomic mass is 32.2. The number of carbonyl (C=O) groups excluding carboxylic acids is 2. The van der Waals surface area contributed by atoms with Gasteiger partial charge < -0.3 is 18.6 Å². The topological polar surface area (TPSA) is 137 Å². The van der Waals surface area contributed by atoms with Crippen LogP contribution in [0.15, 0.2) is 40.8 Å². The number of methoxy groups -OCH3 is 1. The van der Waals surface area contributed by atoms with Crippen molar-refractivity contribution < 1.29 is 27.2 Å². The third kappa shape index (κ3) is 5.41. The summed E-state index contributed by atoms with van der Waals surface area (Å²) in [5.41, 5.74) is 5.11. The second-order valence-electron chi connectivity index (χ2n) is 15.0. The van der Waals surface area contributed by atoms with Crippen molar-refractivity contribution in [3.63, 3.8) is 0 Å². The molecule has 4 heterocycles. The Balaban J connectivity index is 1.24. The normalized spacial score (nSPS) is 22.5. The summed E-state index contributed by atoms with van der Waals surface area (Å²) >= 11 is 0. The SMILES string of the molecule is COc1ccc2c(c1)C1CC1(C(=O)N1CCC(c3nnc(C)o3)CC1)Cn1c-2c(C2CCCCC2)c2ccc(C(=O)NS(=O)(=O)C(C)C)cc21. The van der Waals surface area contributed by atoms with Crippen LogP contribution < -0.4 is 9.46 Å². The Morgan fingerprint density at radius 2 is 1.76 bits per heavy atom. The average molecular weight is 700 g/mol. The van der Waals surface area contributed by atoms with Gasteiger partial charge in [-0.25, -0.2) is 13.1 Å². The number of piperidine rings is 1. The first-order chi connectivity index (χ1) is 24.0. The zero-order valence-corrected chi connectivity index (χ0v) is 30.0. The van der Waals surface area contributed by atoms with Crippen molar-refractivity contribution in [3.05, 3.63) is 64.9 Å². The minimum Gasteiger partial charge on any atom is -0.497 e. The van der Waals surface area contributed by atoms with Crippen LogP contribution in [0.3, 0.4) is 0 Å². The van der Waals surface area contributed by atoms with Gasteiger partial charge >= 0.3 is 0 Å². The Hall–Kier alpha value is -4.19. The van der Waals surface area contributed by atoms with Gasteiger partial charge in [0.15, 0.2) is 0 Å². The smallest absolute Gasteiger partial charge is 0.264 e. The number of hydrogen-bond acceptors (Lipinski definition) is 8. The zero-order chi connectivity index (χ0) is 34.9. The number of sulfonamides is 1. The van der Waals surface area contributed by atoms with Crippen LogP contribution in [0, 0.1) is 12.3 Å². The first-order valence-electron chi connectivity index (χ1n) is 18.0. The van der Waals surface area contributed by atoms with E-state index in [1.807, 2.05) is 23.1 Å². The number of nitrogens with one attached hydrogen (secondary N) is 1. The van der Waals surface area contributed by atoms with Gasteiger partial charge in [-0.2, -0.15) is 0 Å². The van der Waals surface area contributed by atoms with Crippen molar-refractivity contribution in [1.82, 2.24) is 24.4 Å². The van der Waals surface area contributed by atoms with Gasteiger partial charge in [-0.1, -0.05) is 25.3 Å². The molecule has 264 valence electrons. The summed E-state index contributed by atoms with van der Waals surface area (Å²) in [5, 5.41) is 8.58. The van der Waals surface area contributed by atoms with Gasteiger partial charge in [0, 0.05) is 60.4 Å². The molecule has 4 aliphatic rings. The molecule has 2 unspecified atom stereocenters. The van der Waals surface area contributed by atoms with Crippen LogP contribution in [0.1, 0.15) is 116 Å². The van der Waals surface area contributed by atoms with E-state index >= 15 is 0 Å². The summed E-state index contributed by atoms with van der Waals surface area (Å²) in [7, 11) is -2.14. The molecule has 2 atom stereocenters. The lowest BCUT2D eigenvalue weighted by atomic mass is 9.81. The molecule has 2 aromatic heterocycles. The number of fused-ring (bicyclic) bond motifs is 7. The Morgan fingerprint density at radius 1 is 1.00 bits per heavy atom. The van der Waals surface area contributed by atoms with Crippen LogP contribution in [0.4, 0.5) is 0 Å². The van der Waals surface area contributed by atoms with E-state index in [0.717, 1.165) is 78.4 Å². The number of carbonyl (C=O) groups is 2. The maximum Gasteiger partial charge on any atom is 0.264 e. The van der Waals surface area contributed by atoms with E-state index in [-0.39, 0.29) is 23.3 Å². The van der Waals surface area contributed by atoms with E-state index in [0.29, 0.717) is 37.3 Å². The standard InChI is InChI=1S/C38H45N5O6S/c1-22(2)50(46,47)41-35(44)26-10-12-29-32(18-26)43-21-38(37(45)42-16-14-25(15-17-42)36-40-39-23(3)49-36)20-31(38)30-19-27(48-4)11-13-28(30)34(43)33(29)24-8-6-5-7-9-24/h10-13,18-19,22,24-25,31H,5-9,14-17,20-21H2,1-4H3,(H,41,44). The lowest BCUT2D eigenvalue weighted by Gasteiger charge is -2.34. The van der Waals surface area contributed by atoms with Gasteiger partial charge in [0.2, 0.25) is 27.7 Å². The molecular formula is C38H45N5O6S. The predicted octanol–water partition coefficient (Wildman–Crippen LogP) is 6.42. The third-order valence-electron chi connectivity index (χ3n) is 11.7. The largest absolute Gasteiger partial charge is 0.497 e. The van der Waals surface area contributed by atoms with Gasteiger partial charge in [-0.3, -0.25) is 9.59 Å². The molecule has 2 saturated carbocycles. The Labute approximate surface area is 292 Å². The van der Waals surface area contributed by atoms with Crippen LogP contribution in [0.25, 0.3) is 22.2 Å². The van der Waals surface area contributed by atoms with Gasteiger partial charge in [-0.15, -0.1) is 10.2 Å². The number of aromatic nitrogens is 3. The highest BCUT2D eigenvalue weighted by molar-refractivity contribution is 7.90. The summed E-state index contributed by atoms with van der Waals surface area (Å²) in [4.78, 5) is 30.3. The van der Waals surface area contributed by atoms with E-state index < -0.39 is 26.6 Å². The second kappa shape index (κ2) is 12.2. The Morgan fingerprint density at radius 3 is 2.44 bits per heavy atom. The van der Waals surface area contributed by atoms with E-state index in [1.165, 1.54) is 12.0 Å². The van der Waals surface area contributed by atoms with Crippen LogP contribution in [0.2, 0.25) is 0 Å². The maximum absolute atomic E-state index is 14.8. The monoisotopic (exact) mass is 699 g/mol. The highest BCUT2D eigenvalue weighted by Gasteiger charge is 2.64. The molecule has 11 nitrogen and oxygen atoms in total. The fraction of sp³-hybridized carbons (Fsp3) is 0.526. The van der Waals surface area contributed by atoms with Crippen LogP contribution in [0.5, 0.6) is 5.75 Å². The van der Waals surface area contributed by atoms with Crippen LogP contribution >= 0.6 is 0 Å². The van der Waals surface area contributed by atoms with Crippen molar-refractivity contribution in [2.45, 2.75) is 102 Å². The summed E-state index contributed by atoms with van der Waals surface area (Å²) in [6.45, 7) is 6.60. The molecule has 12 heteroatoms. The van der Waals surface area contributed by atoms with E-state index in [2.05, 4.69) is 31.6 Å². The third-order valence-corrected chi connectivity index (χ3v) is 13.4. The number of ether oxygens (including phenoxy) is 1. The lowest BCUT2D eigenvalue weighted by molar-refractivity contribution is -0.139. The lowest BCUT2D eigenvalue weighted by Crippen LogP contribution is -2.44. The van der Waals surface area contributed by atoms with Gasteiger partial charge in [0.05, 0.1) is 23.5 Å². The molecule has 1 N–H and O–H groups in total. The van der Waals surface area contributed by atoms with E-state index in [9.17, 15) is 18.0 Å². The van der Waals surface area contributed by atoms with Gasteiger partial charge in [0.25, 0.3) is 5.91 Å². The van der Waals surface area contributed by atoms with Crippen molar-refractivity contribution >= 4 is 32.7 Å². The zero-order valence-electron chi connectivity index (χ0n) is 29.2. The quantitative estimate of drug-likeness (QED) is 0.234. The molecule has 50 heavy (non-hydrogen) atoms. The molecule has 3 fully saturated rings. The summed E-state index contributed by atoms with van der Waals surface area (Å²) in [5.74, 6) is 1.96. The number of nitrogens with zero attached hydrogens (tertiary/aromatic N) is 4. The Bertz CT molecular complexity index is 2100. The summed E-state index contributed by atoms with van der Waals surface area (Å²) in [6, 6.07) is 11.8. The molecule has 1 saturated heterocycles. The molecule has 0 spiro atoms. The Kier molecular flexibility index (Phi) is 8.08. The fourth-order valence-corrected chi connectivity index (χ4v) is 9.46. The first kappa shape index (κ1) is 33.0. The van der Waals surface area contributed by atoms with Crippen molar-refractivity contribution in [1.29, 1.82) is 0 Å². The second-order valence-corrected chi connectivity index (χ2v) is 17.3. The minimum absolute atomic E-state index is 0.0215. The van der Waals surface area contributed by atoms with Crippen LogP contribution in [-0.4, -0.2) is 65.3 Å². The number of hydrogen-bond donors (Lipinski definition) is 1. The summed E-state index contributed by atoms with van der Waals surface area (Å²) in [6.07, 6.45) is 7.94. The average Bonchev–Trinajstić information content (AvgIpc) is 3.58. The van der Waals surface area contributed by atoms with Crippen molar-refractivity contribution in [2.75, 3.05) is 20.2 Å². The van der Waals surface area contributed by atoms with E-state index in [1.54, 1.807) is 33.9 Å². The number of likely N-dealkylation sites (tertiary alicyclic amines) is 1. The number of aryl methyl sites for hydroxylation is 1. The first-order valence-corrected chi connectivity index (χ1v) is 19.5. The molecule has 2 aromatic carbocycles. The van der Waals surface area contributed by atoms with E-state index in [4.69, 9.17) is 9.15 Å². The van der Waals surface area contributed by atoms with Crippen molar-refractivity contribution in [2.24, 2.45) is 5.41 Å². The molecule has 2 aliphatic carbocycles. The predicted molar refractivity (Wildman–Crippen MR) is 189 cm³/mol. The molecule has 0 radical (unpaired) electrons. The van der Waals surface area contributed by atoms with Gasteiger partial charge in [-0.05, 0) is 93.3 Å². The number of amides is 2. The highest BCUT2D eigenvalue weighted by Crippen LogP contribution is 2.66. The van der Waals surface area contributed by atoms with Crippen LogP contribution in [-0.2, 0) is 21.4 Å². The molecule has 0 bridgehead atoms.